The fraction of sp³-hybridized carbons (Fsp3) is 0.667. The number of anilines is 1. The third-order valence-corrected chi connectivity index (χ3v) is 4.25. The minimum atomic E-state index is -0.158. The number of aryl methyl sites for hydroxylation is 1. The van der Waals surface area contributed by atoms with E-state index in [1.54, 1.807) is 11.3 Å². The number of nitrogens with two attached hydrogens (primary N) is 1. The molecule has 0 aromatic carbocycles. The maximum absolute atomic E-state index is 11.7. The van der Waals surface area contributed by atoms with Crippen LogP contribution in [0.3, 0.4) is 0 Å². The van der Waals surface area contributed by atoms with Gasteiger partial charge in [0.25, 0.3) is 0 Å². The molecule has 0 aliphatic heterocycles. The van der Waals surface area contributed by atoms with Crippen LogP contribution < -0.4 is 11.1 Å². The van der Waals surface area contributed by atoms with Gasteiger partial charge in [-0.25, -0.2) is 4.98 Å². The Kier molecular flexibility index (Phi) is 3.79. The first-order valence-electron chi connectivity index (χ1n) is 6.09. The highest BCUT2D eigenvalue weighted by molar-refractivity contribution is 7.15. The van der Waals surface area contributed by atoms with Crippen molar-refractivity contribution in [3.8, 4) is 0 Å². The quantitative estimate of drug-likeness (QED) is 0.863. The number of hydrogen-bond donors (Lipinski definition) is 2. The molecule has 0 radical (unpaired) electrons. The summed E-state index contributed by atoms with van der Waals surface area (Å²) in [4.78, 5) is 17.5. The number of thiazole rings is 1. The summed E-state index contributed by atoms with van der Waals surface area (Å²) in [6.07, 6.45) is 3.33. The molecule has 4 nitrogen and oxygen atoms in total. The zero-order chi connectivity index (χ0) is 12.4. The molecule has 0 saturated heterocycles. The molecular formula is C12H19N3OS. The number of nitrogens with zero attached hydrogens (tertiary/aromatic N) is 1. The van der Waals surface area contributed by atoms with Crippen LogP contribution in [-0.4, -0.2) is 17.4 Å². The Morgan fingerprint density at radius 1 is 1.71 bits per heavy atom. The lowest BCUT2D eigenvalue weighted by atomic mass is 9.93. The third kappa shape index (κ3) is 2.84. The van der Waals surface area contributed by atoms with Gasteiger partial charge in [0.15, 0.2) is 5.13 Å². The molecule has 1 aliphatic carbocycles. The average molecular weight is 253 g/mol. The second-order valence-electron chi connectivity index (χ2n) is 4.86. The second kappa shape index (κ2) is 5.14. The van der Waals surface area contributed by atoms with Crippen molar-refractivity contribution >= 4 is 22.4 Å². The molecule has 17 heavy (non-hydrogen) atoms. The molecule has 1 aromatic rings. The molecule has 5 heteroatoms. The standard InChI is InChI=1S/C12H19N3OS/c1-7-3-4-9-10(5-7)17-12(14-9)15-11(16)8(2)6-13/h7-8H,3-6,13H2,1-2H3,(H,14,15,16). The molecule has 2 unspecified atom stereocenters. The van der Waals surface area contributed by atoms with Gasteiger partial charge in [0.05, 0.1) is 5.69 Å². The smallest absolute Gasteiger partial charge is 0.230 e. The van der Waals surface area contributed by atoms with Crippen molar-refractivity contribution in [3.63, 3.8) is 0 Å². The minimum Gasteiger partial charge on any atom is -0.330 e. The van der Waals surface area contributed by atoms with Gasteiger partial charge in [-0.3, -0.25) is 4.79 Å². The summed E-state index contributed by atoms with van der Waals surface area (Å²) >= 11 is 1.61. The van der Waals surface area contributed by atoms with Crippen LogP contribution in [0, 0.1) is 11.8 Å². The molecule has 2 atom stereocenters. The molecule has 1 aliphatic rings. The van der Waals surface area contributed by atoms with E-state index >= 15 is 0 Å². The van der Waals surface area contributed by atoms with Crippen LogP contribution in [-0.2, 0) is 17.6 Å². The van der Waals surface area contributed by atoms with Crippen LogP contribution in [0.5, 0.6) is 0 Å². The minimum absolute atomic E-state index is 0.0355. The normalized spacial score (nSPS) is 20.8. The van der Waals surface area contributed by atoms with Crippen LogP contribution >= 0.6 is 11.3 Å². The third-order valence-electron chi connectivity index (χ3n) is 3.22. The number of fused-ring (bicyclic) bond motifs is 1. The van der Waals surface area contributed by atoms with E-state index in [1.807, 2.05) is 6.92 Å². The lowest BCUT2D eigenvalue weighted by Gasteiger charge is -2.15. The van der Waals surface area contributed by atoms with Crippen LogP contribution in [0.25, 0.3) is 0 Å². The summed E-state index contributed by atoms with van der Waals surface area (Å²) in [7, 11) is 0. The van der Waals surface area contributed by atoms with E-state index in [-0.39, 0.29) is 11.8 Å². The van der Waals surface area contributed by atoms with Crippen LogP contribution in [0.1, 0.15) is 30.8 Å². The fourth-order valence-corrected chi connectivity index (χ4v) is 3.10. The molecule has 0 fully saturated rings. The first-order valence-corrected chi connectivity index (χ1v) is 6.91. The summed E-state index contributed by atoms with van der Waals surface area (Å²) in [5, 5.41) is 3.58. The summed E-state index contributed by atoms with van der Waals surface area (Å²) in [6.45, 7) is 4.45. The highest BCUT2D eigenvalue weighted by atomic mass is 32.1. The van der Waals surface area contributed by atoms with E-state index in [4.69, 9.17) is 5.73 Å². The maximum Gasteiger partial charge on any atom is 0.230 e. The Balaban J connectivity index is 2.06. The van der Waals surface area contributed by atoms with Crippen molar-refractivity contribution in [1.29, 1.82) is 0 Å². The summed E-state index contributed by atoms with van der Waals surface area (Å²) < 4.78 is 0. The summed E-state index contributed by atoms with van der Waals surface area (Å²) in [6, 6.07) is 0. The predicted molar refractivity (Wildman–Crippen MR) is 70.2 cm³/mol. The van der Waals surface area contributed by atoms with E-state index in [0.29, 0.717) is 6.54 Å². The van der Waals surface area contributed by atoms with Crippen molar-refractivity contribution in [2.24, 2.45) is 17.6 Å². The number of aromatic nitrogens is 1. The Bertz CT molecular complexity index is 416. The number of carbonyl (C=O) groups is 1. The van der Waals surface area contributed by atoms with Crippen molar-refractivity contribution in [3.05, 3.63) is 10.6 Å². The Morgan fingerprint density at radius 2 is 2.47 bits per heavy atom. The fourth-order valence-electron chi connectivity index (χ4n) is 1.93. The van der Waals surface area contributed by atoms with Gasteiger partial charge >= 0.3 is 0 Å². The van der Waals surface area contributed by atoms with E-state index in [1.165, 1.54) is 17.0 Å². The number of nitrogens with one attached hydrogen (secondary N) is 1. The Morgan fingerprint density at radius 3 is 3.18 bits per heavy atom. The number of hydrogen-bond acceptors (Lipinski definition) is 4. The predicted octanol–water partition coefficient (Wildman–Crippen LogP) is 1.80. The molecule has 2 rings (SSSR count). The Labute approximate surface area is 106 Å². The van der Waals surface area contributed by atoms with E-state index in [0.717, 1.165) is 23.9 Å². The van der Waals surface area contributed by atoms with Crippen molar-refractivity contribution in [2.75, 3.05) is 11.9 Å². The molecule has 3 N–H and O–H groups in total. The van der Waals surface area contributed by atoms with Crippen molar-refractivity contribution in [1.82, 2.24) is 4.98 Å². The molecule has 1 amide bonds. The topological polar surface area (TPSA) is 68.0 Å². The van der Waals surface area contributed by atoms with Gasteiger partial charge in [-0.15, -0.1) is 11.3 Å². The zero-order valence-electron chi connectivity index (χ0n) is 10.3. The van der Waals surface area contributed by atoms with Crippen molar-refractivity contribution < 1.29 is 4.79 Å². The average Bonchev–Trinajstić information content (AvgIpc) is 2.69. The molecule has 94 valence electrons. The van der Waals surface area contributed by atoms with Crippen LogP contribution in [0.15, 0.2) is 0 Å². The van der Waals surface area contributed by atoms with E-state index in [9.17, 15) is 4.79 Å². The number of rotatable bonds is 3. The Hall–Kier alpha value is -0.940. The van der Waals surface area contributed by atoms with Crippen LogP contribution in [0.4, 0.5) is 5.13 Å². The highest BCUT2D eigenvalue weighted by Gasteiger charge is 2.21. The molecule has 0 bridgehead atoms. The summed E-state index contributed by atoms with van der Waals surface area (Å²) in [5.74, 6) is 0.538. The van der Waals surface area contributed by atoms with Gasteiger partial charge in [-0.2, -0.15) is 0 Å². The molecule has 0 saturated carbocycles. The second-order valence-corrected chi connectivity index (χ2v) is 5.95. The number of amides is 1. The zero-order valence-corrected chi connectivity index (χ0v) is 11.1. The van der Waals surface area contributed by atoms with Crippen LogP contribution in [0.2, 0.25) is 0 Å². The van der Waals surface area contributed by atoms with Gasteiger partial charge in [-0.05, 0) is 25.2 Å². The van der Waals surface area contributed by atoms with Gasteiger partial charge in [-0.1, -0.05) is 13.8 Å². The largest absolute Gasteiger partial charge is 0.330 e. The van der Waals surface area contributed by atoms with E-state index < -0.39 is 0 Å². The monoisotopic (exact) mass is 253 g/mol. The number of carbonyl (C=O) groups excluding carboxylic acids is 1. The van der Waals surface area contributed by atoms with Crippen molar-refractivity contribution in [2.45, 2.75) is 33.1 Å². The summed E-state index contributed by atoms with van der Waals surface area (Å²) in [5.41, 5.74) is 6.63. The highest BCUT2D eigenvalue weighted by Crippen LogP contribution is 2.32. The molecule has 0 spiro atoms. The SMILES string of the molecule is CC1CCc2nc(NC(=O)C(C)CN)sc2C1. The van der Waals surface area contributed by atoms with Gasteiger partial charge in [0.1, 0.15) is 0 Å². The lowest BCUT2D eigenvalue weighted by molar-refractivity contribution is -0.119. The molecule has 1 aromatic heterocycles. The first kappa shape index (κ1) is 12.5. The van der Waals surface area contributed by atoms with Gasteiger partial charge < -0.3 is 11.1 Å². The first-order chi connectivity index (χ1) is 8.10. The maximum atomic E-state index is 11.7. The lowest BCUT2D eigenvalue weighted by Crippen LogP contribution is -2.26. The van der Waals surface area contributed by atoms with E-state index in [2.05, 4.69) is 17.2 Å². The van der Waals surface area contributed by atoms with Gasteiger partial charge in [0.2, 0.25) is 5.91 Å². The molecular weight excluding hydrogens is 234 g/mol. The van der Waals surface area contributed by atoms with Gasteiger partial charge in [0, 0.05) is 17.3 Å². The molecule has 1 heterocycles.